The van der Waals surface area contributed by atoms with Crippen molar-refractivity contribution in [3.63, 3.8) is 0 Å². The van der Waals surface area contributed by atoms with Crippen molar-refractivity contribution in [3.8, 4) is 6.07 Å². The van der Waals surface area contributed by atoms with E-state index in [9.17, 15) is 15.0 Å². The van der Waals surface area contributed by atoms with Crippen LogP contribution in [0.15, 0.2) is 35.5 Å². The van der Waals surface area contributed by atoms with Gasteiger partial charge in [0.15, 0.2) is 0 Å². The molecule has 0 fully saturated rings. The van der Waals surface area contributed by atoms with Crippen molar-refractivity contribution in [2.75, 3.05) is 0 Å². The summed E-state index contributed by atoms with van der Waals surface area (Å²) in [4.78, 5) is 12.3. The van der Waals surface area contributed by atoms with Crippen molar-refractivity contribution in [2.24, 2.45) is 0 Å². The molecule has 2 atom stereocenters. The maximum absolute atomic E-state index is 12.3. The zero-order chi connectivity index (χ0) is 13.1. The minimum absolute atomic E-state index is 0.133. The number of Topliss-reactive ketones (excluding diaryl/α,β-unsaturated/α-hetero) is 1. The highest BCUT2D eigenvalue weighted by molar-refractivity contribution is 6.11. The first-order chi connectivity index (χ1) is 8.46. The molecular weight excluding hydrogens is 232 g/mol. The number of ketones is 1. The molecule has 18 heavy (non-hydrogen) atoms. The van der Waals surface area contributed by atoms with Crippen LogP contribution in [0.4, 0.5) is 0 Å². The molecule has 5 nitrogen and oxygen atoms in total. The number of nitrogens with zero attached hydrogens (tertiary/aromatic N) is 1. The van der Waals surface area contributed by atoms with Crippen molar-refractivity contribution >= 4 is 5.78 Å². The quantitative estimate of drug-likeness (QED) is 0.602. The lowest BCUT2D eigenvalue weighted by Gasteiger charge is -2.31. The average molecular weight is 242 g/mol. The zero-order valence-electron chi connectivity index (χ0n) is 9.56. The summed E-state index contributed by atoms with van der Waals surface area (Å²) in [6, 6.07) is 8.20. The predicted molar refractivity (Wildman–Crippen MR) is 61.1 cm³/mol. The van der Waals surface area contributed by atoms with Gasteiger partial charge in [0.05, 0.1) is 5.57 Å². The molecular formula is C13H10N2O3. The van der Waals surface area contributed by atoms with Crippen LogP contribution in [0.2, 0.25) is 0 Å². The number of hydrogen-bond donors (Lipinski definition) is 3. The van der Waals surface area contributed by atoms with Gasteiger partial charge in [-0.05, 0) is 6.92 Å². The number of rotatable bonds is 0. The van der Waals surface area contributed by atoms with E-state index in [1.54, 1.807) is 31.2 Å². The molecule has 0 saturated carbocycles. The van der Waals surface area contributed by atoms with E-state index in [4.69, 9.17) is 5.26 Å². The molecule has 3 N–H and O–H groups in total. The first-order valence-electron chi connectivity index (χ1n) is 5.45. The second-order valence-electron chi connectivity index (χ2n) is 4.53. The average Bonchev–Trinajstić information content (AvgIpc) is 2.65. The van der Waals surface area contributed by atoms with Gasteiger partial charge in [-0.2, -0.15) is 5.26 Å². The van der Waals surface area contributed by atoms with E-state index >= 15 is 0 Å². The Hall–Kier alpha value is -2.16. The number of hydrogen-bond acceptors (Lipinski definition) is 5. The van der Waals surface area contributed by atoms with Gasteiger partial charge in [-0.1, -0.05) is 24.3 Å². The standard InChI is InChI=1S/C13H10N2O3/c1-7-10(6-14)12(17)11(16)8-4-2-3-5-9(8)13(12,18)15-7/h2-5,15,17-18H,1H3/t12-,13-/m0/s1. The van der Waals surface area contributed by atoms with Crippen LogP contribution in [0.25, 0.3) is 0 Å². The number of nitrogens with one attached hydrogen (secondary N) is 1. The van der Waals surface area contributed by atoms with Gasteiger partial charge >= 0.3 is 0 Å². The Kier molecular flexibility index (Phi) is 1.82. The van der Waals surface area contributed by atoms with Crippen LogP contribution in [0.5, 0.6) is 0 Å². The summed E-state index contributed by atoms with van der Waals surface area (Å²) in [5, 5.41) is 32.9. The van der Waals surface area contributed by atoms with E-state index in [1.165, 1.54) is 6.07 Å². The summed E-state index contributed by atoms with van der Waals surface area (Å²) in [7, 11) is 0. The highest BCUT2D eigenvalue weighted by Crippen LogP contribution is 2.50. The molecule has 0 saturated heterocycles. The van der Waals surface area contributed by atoms with Crippen LogP contribution in [-0.4, -0.2) is 21.6 Å². The minimum atomic E-state index is -2.23. The Labute approximate surface area is 103 Å². The maximum atomic E-state index is 12.3. The predicted octanol–water partition coefficient (Wildman–Crippen LogP) is 0.160. The Balaban J connectivity index is 2.35. The molecule has 0 aromatic heterocycles. The van der Waals surface area contributed by atoms with Crippen LogP contribution in [0.3, 0.4) is 0 Å². The molecule has 1 aromatic rings. The molecule has 1 aliphatic carbocycles. The lowest BCUT2D eigenvalue weighted by atomic mass is 9.86. The molecule has 0 amide bonds. The molecule has 0 unspecified atom stereocenters. The van der Waals surface area contributed by atoms with Gasteiger partial charge in [0.25, 0.3) is 0 Å². The van der Waals surface area contributed by atoms with Crippen LogP contribution in [-0.2, 0) is 5.72 Å². The fourth-order valence-electron chi connectivity index (χ4n) is 2.77. The molecule has 0 bridgehead atoms. The third-order valence-electron chi connectivity index (χ3n) is 3.63. The summed E-state index contributed by atoms with van der Waals surface area (Å²) in [6.07, 6.45) is 0. The number of allylic oxidation sites excluding steroid dienone is 1. The van der Waals surface area contributed by atoms with E-state index in [-0.39, 0.29) is 11.1 Å². The van der Waals surface area contributed by atoms with Crippen LogP contribution in [0, 0.1) is 11.3 Å². The molecule has 90 valence electrons. The van der Waals surface area contributed by atoms with Crippen LogP contribution < -0.4 is 5.32 Å². The minimum Gasteiger partial charge on any atom is -0.372 e. The first-order valence-corrected chi connectivity index (χ1v) is 5.45. The fourth-order valence-corrected chi connectivity index (χ4v) is 2.77. The van der Waals surface area contributed by atoms with Gasteiger partial charge in [0.2, 0.25) is 17.1 Å². The monoisotopic (exact) mass is 242 g/mol. The van der Waals surface area contributed by atoms with Crippen LogP contribution in [0.1, 0.15) is 22.8 Å². The molecule has 5 heteroatoms. The van der Waals surface area contributed by atoms with Gasteiger partial charge in [-0.3, -0.25) is 4.79 Å². The summed E-state index contributed by atoms with van der Waals surface area (Å²) in [5.74, 6) is -0.651. The highest BCUT2D eigenvalue weighted by Gasteiger charge is 2.68. The third-order valence-corrected chi connectivity index (χ3v) is 3.63. The van der Waals surface area contributed by atoms with E-state index in [0.717, 1.165) is 0 Å². The SMILES string of the molecule is CC1=C(C#N)[C@]2(O)C(=O)c3ccccc3[C@@]2(O)N1. The number of fused-ring (bicyclic) bond motifs is 3. The third kappa shape index (κ3) is 0.883. The molecule has 0 spiro atoms. The van der Waals surface area contributed by atoms with Gasteiger partial charge in [-0.25, -0.2) is 0 Å². The highest BCUT2D eigenvalue weighted by atomic mass is 16.4. The molecule has 1 aliphatic heterocycles. The van der Waals surface area contributed by atoms with Crippen LogP contribution >= 0.6 is 0 Å². The second kappa shape index (κ2) is 2.99. The number of nitriles is 1. The van der Waals surface area contributed by atoms with Crippen molar-refractivity contribution < 1.29 is 15.0 Å². The molecule has 1 aromatic carbocycles. The molecule has 1 heterocycles. The summed E-state index contributed by atoms with van der Waals surface area (Å²) < 4.78 is 0. The Morgan fingerprint density at radius 3 is 2.67 bits per heavy atom. The molecule has 3 rings (SSSR count). The van der Waals surface area contributed by atoms with Crippen molar-refractivity contribution in [3.05, 3.63) is 46.7 Å². The second-order valence-corrected chi connectivity index (χ2v) is 4.53. The normalized spacial score (nSPS) is 32.9. The Bertz CT molecular complexity index is 658. The molecule has 2 aliphatic rings. The van der Waals surface area contributed by atoms with Gasteiger partial charge in [0, 0.05) is 16.8 Å². The summed E-state index contributed by atoms with van der Waals surface area (Å²) >= 11 is 0. The van der Waals surface area contributed by atoms with Crippen molar-refractivity contribution in [2.45, 2.75) is 18.2 Å². The van der Waals surface area contributed by atoms with E-state index < -0.39 is 17.1 Å². The maximum Gasteiger partial charge on any atom is 0.216 e. The van der Waals surface area contributed by atoms with Crippen molar-refractivity contribution in [1.82, 2.24) is 5.32 Å². The van der Waals surface area contributed by atoms with E-state index in [2.05, 4.69) is 5.32 Å². The lowest BCUT2D eigenvalue weighted by Crippen LogP contribution is -2.55. The summed E-state index contributed by atoms with van der Waals surface area (Å²) in [6.45, 7) is 1.54. The topological polar surface area (TPSA) is 93.3 Å². The van der Waals surface area contributed by atoms with Gasteiger partial charge in [-0.15, -0.1) is 0 Å². The van der Waals surface area contributed by atoms with E-state index in [0.29, 0.717) is 11.3 Å². The Morgan fingerprint density at radius 2 is 2.00 bits per heavy atom. The van der Waals surface area contributed by atoms with E-state index in [1.807, 2.05) is 0 Å². The van der Waals surface area contributed by atoms with Crippen molar-refractivity contribution in [1.29, 1.82) is 5.26 Å². The van der Waals surface area contributed by atoms with Gasteiger partial charge in [0.1, 0.15) is 6.07 Å². The smallest absolute Gasteiger partial charge is 0.216 e. The lowest BCUT2D eigenvalue weighted by molar-refractivity contribution is -0.104. The number of benzene rings is 1. The Morgan fingerprint density at radius 1 is 1.33 bits per heavy atom. The zero-order valence-corrected chi connectivity index (χ0v) is 9.56. The van der Waals surface area contributed by atoms with Gasteiger partial charge < -0.3 is 15.5 Å². The largest absolute Gasteiger partial charge is 0.372 e. The number of aliphatic hydroxyl groups is 2. The first kappa shape index (κ1) is 11.0. The fraction of sp³-hybridized carbons (Fsp3) is 0.231. The number of carbonyl (C=O) groups is 1. The number of carbonyl (C=O) groups excluding carboxylic acids is 1. The molecule has 0 radical (unpaired) electrons. The summed E-state index contributed by atoms with van der Waals surface area (Å²) in [5.41, 5.74) is -3.47.